The van der Waals surface area contributed by atoms with Crippen molar-refractivity contribution in [2.75, 3.05) is 5.32 Å². The maximum absolute atomic E-state index is 12.2. The van der Waals surface area contributed by atoms with Gasteiger partial charge in [0, 0.05) is 17.1 Å². The summed E-state index contributed by atoms with van der Waals surface area (Å²) in [6.07, 6.45) is 0. The Hall–Kier alpha value is -2.19. The standard InChI is InChI=1S/C14H11N3O3S2/c1-8(22-14-17-15-7-21-14)13(19)16-10-3-4-11-9(6-10)2-5-12(18)20-11/h2-8H,1H3,(H,16,19). The van der Waals surface area contributed by atoms with E-state index in [1.807, 2.05) is 6.92 Å². The number of nitrogens with zero attached hydrogens (tertiary/aromatic N) is 2. The quantitative estimate of drug-likeness (QED) is 0.584. The molecule has 1 unspecified atom stereocenters. The van der Waals surface area contributed by atoms with Gasteiger partial charge in [0.1, 0.15) is 11.1 Å². The fourth-order valence-corrected chi connectivity index (χ4v) is 3.44. The number of thioether (sulfide) groups is 1. The maximum Gasteiger partial charge on any atom is 0.336 e. The third-order valence-electron chi connectivity index (χ3n) is 2.87. The van der Waals surface area contributed by atoms with Crippen molar-refractivity contribution in [3.8, 4) is 0 Å². The van der Waals surface area contributed by atoms with E-state index in [4.69, 9.17) is 4.42 Å². The molecule has 0 saturated heterocycles. The van der Waals surface area contributed by atoms with Crippen LogP contribution in [-0.2, 0) is 4.79 Å². The number of fused-ring (bicyclic) bond motifs is 1. The summed E-state index contributed by atoms with van der Waals surface area (Å²) in [4.78, 5) is 23.3. The van der Waals surface area contributed by atoms with Gasteiger partial charge < -0.3 is 9.73 Å². The van der Waals surface area contributed by atoms with E-state index in [0.717, 1.165) is 9.73 Å². The Bertz CT molecular complexity index is 861. The first-order chi connectivity index (χ1) is 10.6. The third-order valence-corrected chi connectivity index (χ3v) is 4.78. The van der Waals surface area contributed by atoms with Crippen LogP contribution in [0.2, 0.25) is 0 Å². The molecule has 1 amide bonds. The van der Waals surface area contributed by atoms with Gasteiger partial charge in [-0.1, -0.05) is 23.1 Å². The summed E-state index contributed by atoms with van der Waals surface area (Å²) in [6, 6.07) is 8.14. The molecule has 2 heterocycles. The highest BCUT2D eigenvalue weighted by Gasteiger charge is 2.16. The number of amides is 1. The van der Waals surface area contributed by atoms with E-state index in [9.17, 15) is 9.59 Å². The van der Waals surface area contributed by atoms with Crippen molar-refractivity contribution < 1.29 is 9.21 Å². The number of anilines is 1. The minimum absolute atomic E-state index is 0.128. The monoisotopic (exact) mass is 333 g/mol. The summed E-state index contributed by atoms with van der Waals surface area (Å²) < 4.78 is 5.81. The molecule has 8 heteroatoms. The predicted molar refractivity (Wildman–Crippen MR) is 86.3 cm³/mol. The van der Waals surface area contributed by atoms with Gasteiger partial charge in [0.05, 0.1) is 5.25 Å². The van der Waals surface area contributed by atoms with E-state index in [1.165, 1.54) is 29.2 Å². The molecule has 0 aliphatic carbocycles. The van der Waals surface area contributed by atoms with E-state index in [0.29, 0.717) is 11.3 Å². The lowest BCUT2D eigenvalue weighted by Crippen LogP contribution is -2.22. The molecule has 0 saturated carbocycles. The van der Waals surface area contributed by atoms with Gasteiger partial charge in [-0.05, 0) is 31.2 Å². The van der Waals surface area contributed by atoms with E-state index < -0.39 is 5.63 Å². The molecule has 6 nitrogen and oxygen atoms in total. The van der Waals surface area contributed by atoms with Crippen LogP contribution < -0.4 is 10.9 Å². The van der Waals surface area contributed by atoms with Crippen LogP contribution in [0.15, 0.2) is 49.4 Å². The van der Waals surface area contributed by atoms with Crippen molar-refractivity contribution in [2.24, 2.45) is 0 Å². The number of carbonyl (C=O) groups excluding carboxylic acids is 1. The fraction of sp³-hybridized carbons (Fsp3) is 0.143. The molecule has 0 aliphatic heterocycles. The Kier molecular flexibility index (Phi) is 4.21. The van der Waals surface area contributed by atoms with Gasteiger partial charge in [-0.15, -0.1) is 10.2 Å². The fourth-order valence-electron chi connectivity index (χ4n) is 1.81. The lowest BCUT2D eigenvalue weighted by Gasteiger charge is -2.10. The smallest absolute Gasteiger partial charge is 0.336 e. The van der Waals surface area contributed by atoms with Crippen LogP contribution in [0.4, 0.5) is 5.69 Å². The van der Waals surface area contributed by atoms with Crippen LogP contribution in [0.5, 0.6) is 0 Å². The SMILES string of the molecule is CC(Sc1nncs1)C(=O)Nc1ccc2oc(=O)ccc2c1. The molecule has 0 spiro atoms. The molecule has 0 aliphatic rings. The van der Waals surface area contributed by atoms with Crippen molar-refractivity contribution >= 4 is 45.7 Å². The molecule has 0 fully saturated rings. The lowest BCUT2D eigenvalue weighted by molar-refractivity contribution is -0.115. The van der Waals surface area contributed by atoms with E-state index in [-0.39, 0.29) is 11.2 Å². The second-order valence-electron chi connectivity index (χ2n) is 4.46. The number of aromatic nitrogens is 2. The minimum Gasteiger partial charge on any atom is -0.423 e. The zero-order chi connectivity index (χ0) is 15.5. The second-order valence-corrected chi connectivity index (χ2v) is 6.88. The van der Waals surface area contributed by atoms with Gasteiger partial charge in [0.2, 0.25) is 5.91 Å². The largest absolute Gasteiger partial charge is 0.423 e. The number of carbonyl (C=O) groups is 1. The molecule has 112 valence electrons. The zero-order valence-corrected chi connectivity index (χ0v) is 13.1. The van der Waals surface area contributed by atoms with Crippen molar-refractivity contribution in [1.82, 2.24) is 10.2 Å². The molecule has 2 aromatic heterocycles. The number of hydrogen-bond acceptors (Lipinski definition) is 7. The van der Waals surface area contributed by atoms with Gasteiger partial charge in [0.25, 0.3) is 0 Å². The highest BCUT2D eigenvalue weighted by molar-refractivity contribution is 8.02. The Morgan fingerprint density at radius 2 is 2.23 bits per heavy atom. The van der Waals surface area contributed by atoms with Gasteiger partial charge >= 0.3 is 5.63 Å². The Balaban J connectivity index is 1.73. The van der Waals surface area contributed by atoms with Crippen LogP contribution in [-0.4, -0.2) is 21.4 Å². The molecule has 0 bridgehead atoms. The zero-order valence-electron chi connectivity index (χ0n) is 11.5. The molecule has 1 N–H and O–H groups in total. The van der Waals surface area contributed by atoms with Crippen LogP contribution in [0.25, 0.3) is 11.0 Å². The first-order valence-corrected chi connectivity index (χ1v) is 8.15. The first kappa shape index (κ1) is 14.7. The molecule has 0 radical (unpaired) electrons. The Morgan fingerprint density at radius 1 is 1.36 bits per heavy atom. The van der Waals surface area contributed by atoms with Gasteiger partial charge in [-0.2, -0.15) is 0 Å². The van der Waals surface area contributed by atoms with E-state index in [1.54, 1.807) is 29.8 Å². The van der Waals surface area contributed by atoms with Crippen LogP contribution in [0.1, 0.15) is 6.92 Å². The van der Waals surface area contributed by atoms with Gasteiger partial charge in [-0.3, -0.25) is 4.79 Å². The molecular formula is C14H11N3O3S2. The number of benzene rings is 1. The summed E-state index contributed by atoms with van der Waals surface area (Å²) in [6.45, 7) is 1.81. The third kappa shape index (κ3) is 3.34. The van der Waals surface area contributed by atoms with Crippen LogP contribution >= 0.6 is 23.1 Å². The summed E-state index contributed by atoms with van der Waals surface area (Å²) in [7, 11) is 0. The highest BCUT2D eigenvalue weighted by Crippen LogP contribution is 2.25. The molecule has 1 atom stereocenters. The maximum atomic E-state index is 12.2. The number of rotatable bonds is 4. The molecular weight excluding hydrogens is 322 g/mol. The summed E-state index contributed by atoms with van der Waals surface area (Å²) in [5, 5.41) is 10.9. The first-order valence-electron chi connectivity index (χ1n) is 6.39. The van der Waals surface area contributed by atoms with Crippen molar-refractivity contribution in [3.63, 3.8) is 0 Å². The summed E-state index contributed by atoms with van der Waals surface area (Å²) >= 11 is 2.75. The van der Waals surface area contributed by atoms with Crippen LogP contribution in [0, 0.1) is 0 Å². The molecule has 1 aromatic carbocycles. The molecule has 22 heavy (non-hydrogen) atoms. The van der Waals surface area contributed by atoms with Crippen LogP contribution in [0.3, 0.4) is 0 Å². The summed E-state index contributed by atoms with van der Waals surface area (Å²) in [5.41, 5.74) is 2.37. The highest BCUT2D eigenvalue weighted by atomic mass is 32.2. The topological polar surface area (TPSA) is 85.1 Å². The van der Waals surface area contributed by atoms with E-state index in [2.05, 4.69) is 15.5 Å². The van der Waals surface area contributed by atoms with Crippen molar-refractivity contribution in [3.05, 3.63) is 46.3 Å². The van der Waals surface area contributed by atoms with Gasteiger partial charge in [-0.25, -0.2) is 4.79 Å². The second kappa shape index (κ2) is 6.29. The lowest BCUT2D eigenvalue weighted by atomic mass is 10.2. The molecule has 3 rings (SSSR count). The van der Waals surface area contributed by atoms with Crippen molar-refractivity contribution in [2.45, 2.75) is 16.5 Å². The minimum atomic E-state index is -0.397. The Morgan fingerprint density at radius 3 is 3.00 bits per heavy atom. The average molecular weight is 333 g/mol. The average Bonchev–Trinajstić information content (AvgIpc) is 3.00. The van der Waals surface area contributed by atoms with Gasteiger partial charge in [0.15, 0.2) is 4.34 Å². The van der Waals surface area contributed by atoms with Crippen molar-refractivity contribution in [1.29, 1.82) is 0 Å². The number of hydrogen-bond donors (Lipinski definition) is 1. The predicted octanol–water partition coefficient (Wildman–Crippen LogP) is 2.76. The summed E-state index contributed by atoms with van der Waals surface area (Å²) in [5.74, 6) is -0.128. The van der Waals surface area contributed by atoms with E-state index >= 15 is 0 Å². The Labute approximate surface area is 133 Å². The normalized spacial score (nSPS) is 12.2. The molecule has 3 aromatic rings. The number of nitrogens with one attached hydrogen (secondary N) is 1.